The maximum absolute atomic E-state index is 11.8. The highest BCUT2D eigenvalue weighted by Gasteiger charge is 2.31. The number of urea groups is 1. The lowest BCUT2D eigenvalue weighted by Crippen LogP contribution is -2.32. The first-order valence-corrected chi connectivity index (χ1v) is 6.47. The van der Waals surface area contributed by atoms with Gasteiger partial charge in [0.05, 0.1) is 13.2 Å². The Morgan fingerprint density at radius 3 is 2.84 bits per heavy atom. The first kappa shape index (κ1) is 13.7. The number of ether oxygens (including phenoxy) is 1. The molecular weight excluding hydrogens is 242 g/mol. The minimum atomic E-state index is -0.0579. The van der Waals surface area contributed by atoms with Crippen LogP contribution in [0, 0.1) is 13.8 Å². The summed E-state index contributed by atoms with van der Waals surface area (Å²) in [6, 6.07) is 4.02. The molecule has 5 nitrogen and oxygen atoms in total. The summed E-state index contributed by atoms with van der Waals surface area (Å²) in [7, 11) is 1.66. The first-order chi connectivity index (χ1) is 9.06. The van der Waals surface area contributed by atoms with Crippen LogP contribution in [0.1, 0.15) is 22.7 Å². The lowest BCUT2D eigenvalue weighted by molar-refractivity contribution is 0.218. The standard InChI is InChI=1S/C14H21N3O2/c1-9-6-10(2)13(12(7-9)19-3)11-8-17(5-4-15)14(18)16-11/h6-7,11H,4-5,8,15H2,1-3H3,(H,16,18). The number of hydrogen-bond donors (Lipinski definition) is 2. The van der Waals surface area contributed by atoms with Crippen LogP contribution in [0.15, 0.2) is 12.1 Å². The molecule has 19 heavy (non-hydrogen) atoms. The highest BCUT2D eigenvalue weighted by atomic mass is 16.5. The van der Waals surface area contributed by atoms with Gasteiger partial charge in [0.1, 0.15) is 5.75 Å². The molecule has 1 aromatic carbocycles. The maximum Gasteiger partial charge on any atom is 0.318 e. The number of nitrogens with zero attached hydrogens (tertiary/aromatic N) is 1. The van der Waals surface area contributed by atoms with E-state index in [0.29, 0.717) is 19.6 Å². The molecule has 1 fully saturated rings. The Hall–Kier alpha value is -1.75. The SMILES string of the molecule is COc1cc(C)cc(C)c1C1CN(CCN)C(=O)N1. The largest absolute Gasteiger partial charge is 0.496 e. The summed E-state index contributed by atoms with van der Waals surface area (Å²) >= 11 is 0. The summed E-state index contributed by atoms with van der Waals surface area (Å²) in [5, 5.41) is 2.99. The van der Waals surface area contributed by atoms with Crippen molar-refractivity contribution in [1.29, 1.82) is 0 Å². The number of nitrogens with one attached hydrogen (secondary N) is 1. The van der Waals surface area contributed by atoms with Crippen LogP contribution in [0.2, 0.25) is 0 Å². The second-order valence-corrected chi connectivity index (χ2v) is 4.93. The van der Waals surface area contributed by atoms with Crippen LogP contribution < -0.4 is 15.8 Å². The molecule has 0 saturated carbocycles. The van der Waals surface area contributed by atoms with E-state index in [1.807, 2.05) is 19.9 Å². The van der Waals surface area contributed by atoms with E-state index in [2.05, 4.69) is 11.4 Å². The lowest BCUT2D eigenvalue weighted by Gasteiger charge is -2.18. The van der Waals surface area contributed by atoms with Crippen LogP contribution in [0.5, 0.6) is 5.75 Å². The van der Waals surface area contributed by atoms with Crippen molar-refractivity contribution in [2.45, 2.75) is 19.9 Å². The second-order valence-electron chi connectivity index (χ2n) is 4.93. The minimum Gasteiger partial charge on any atom is -0.496 e. The van der Waals surface area contributed by atoms with E-state index < -0.39 is 0 Å². The summed E-state index contributed by atoms with van der Waals surface area (Å²) in [4.78, 5) is 13.6. The fraction of sp³-hybridized carbons (Fsp3) is 0.500. The number of benzene rings is 1. The maximum atomic E-state index is 11.8. The Balaban J connectivity index is 2.30. The van der Waals surface area contributed by atoms with Crippen LogP contribution in [-0.4, -0.2) is 37.7 Å². The minimum absolute atomic E-state index is 0.0328. The molecule has 1 aliphatic rings. The summed E-state index contributed by atoms with van der Waals surface area (Å²) in [6.45, 7) is 5.77. The fourth-order valence-electron chi connectivity index (χ4n) is 2.66. The summed E-state index contributed by atoms with van der Waals surface area (Å²) in [5.41, 5.74) is 8.86. The molecule has 0 spiro atoms. The molecule has 5 heteroatoms. The van der Waals surface area contributed by atoms with Gasteiger partial charge in [0.15, 0.2) is 0 Å². The van der Waals surface area contributed by atoms with E-state index in [1.165, 1.54) is 0 Å². The molecule has 1 saturated heterocycles. The average molecular weight is 263 g/mol. The van der Waals surface area contributed by atoms with Crippen molar-refractivity contribution in [3.8, 4) is 5.75 Å². The van der Waals surface area contributed by atoms with Gasteiger partial charge in [-0.1, -0.05) is 6.07 Å². The van der Waals surface area contributed by atoms with E-state index in [4.69, 9.17) is 10.5 Å². The summed E-state index contributed by atoms with van der Waals surface area (Å²) < 4.78 is 5.46. The van der Waals surface area contributed by atoms with Gasteiger partial charge in [-0.25, -0.2) is 4.79 Å². The van der Waals surface area contributed by atoms with Gasteiger partial charge in [0.2, 0.25) is 0 Å². The summed E-state index contributed by atoms with van der Waals surface area (Å²) in [5.74, 6) is 0.831. The number of amides is 2. The predicted octanol–water partition coefficient (Wildman–Crippen LogP) is 1.34. The molecule has 0 bridgehead atoms. The van der Waals surface area contributed by atoms with Crippen molar-refractivity contribution < 1.29 is 9.53 Å². The lowest BCUT2D eigenvalue weighted by atomic mass is 9.98. The molecule has 1 aromatic rings. The van der Waals surface area contributed by atoms with E-state index in [1.54, 1.807) is 12.0 Å². The number of nitrogens with two attached hydrogens (primary N) is 1. The van der Waals surface area contributed by atoms with Crippen molar-refractivity contribution in [3.63, 3.8) is 0 Å². The Kier molecular flexibility index (Phi) is 3.95. The van der Waals surface area contributed by atoms with Gasteiger partial charge in [0, 0.05) is 25.2 Å². The van der Waals surface area contributed by atoms with Gasteiger partial charge >= 0.3 is 6.03 Å². The smallest absolute Gasteiger partial charge is 0.318 e. The molecule has 1 heterocycles. The molecule has 2 amide bonds. The monoisotopic (exact) mass is 263 g/mol. The molecule has 2 rings (SSSR count). The van der Waals surface area contributed by atoms with E-state index in [9.17, 15) is 4.79 Å². The zero-order chi connectivity index (χ0) is 14.0. The number of aryl methyl sites for hydroxylation is 2. The molecule has 1 atom stereocenters. The third kappa shape index (κ3) is 2.66. The number of hydrogen-bond acceptors (Lipinski definition) is 3. The van der Waals surface area contributed by atoms with Crippen molar-refractivity contribution in [2.24, 2.45) is 5.73 Å². The topological polar surface area (TPSA) is 67.6 Å². The van der Waals surface area contributed by atoms with Gasteiger partial charge in [-0.3, -0.25) is 0 Å². The Labute approximate surface area is 113 Å². The number of rotatable bonds is 4. The van der Waals surface area contributed by atoms with Gasteiger partial charge in [-0.2, -0.15) is 0 Å². The predicted molar refractivity (Wildman–Crippen MR) is 74.4 cm³/mol. The first-order valence-electron chi connectivity index (χ1n) is 6.47. The zero-order valence-electron chi connectivity index (χ0n) is 11.7. The second kappa shape index (κ2) is 5.48. The van der Waals surface area contributed by atoms with Crippen LogP contribution >= 0.6 is 0 Å². The Morgan fingerprint density at radius 2 is 2.21 bits per heavy atom. The average Bonchev–Trinajstić information content (AvgIpc) is 2.70. The number of methoxy groups -OCH3 is 1. The normalized spacial score (nSPS) is 18.6. The van der Waals surface area contributed by atoms with Crippen LogP contribution in [0.4, 0.5) is 4.79 Å². The van der Waals surface area contributed by atoms with Crippen LogP contribution in [0.25, 0.3) is 0 Å². The van der Waals surface area contributed by atoms with Crippen LogP contribution in [0.3, 0.4) is 0 Å². The highest BCUT2D eigenvalue weighted by molar-refractivity contribution is 5.77. The molecular formula is C14H21N3O2. The van der Waals surface area contributed by atoms with Crippen molar-refractivity contribution in [2.75, 3.05) is 26.7 Å². The van der Waals surface area contributed by atoms with Crippen LogP contribution in [-0.2, 0) is 0 Å². The third-order valence-corrected chi connectivity index (χ3v) is 3.45. The summed E-state index contributed by atoms with van der Waals surface area (Å²) in [6.07, 6.45) is 0. The van der Waals surface area contributed by atoms with Gasteiger partial charge in [-0.15, -0.1) is 0 Å². The molecule has 0 aliphatic carbocycles. The Bertz CT molecular complexity index is 488. The Morgan fingerprint density at radius 1 is 1.47 bits per heavy atom. The fourth-order valence-corrected chi connectivity index (χ4v) is 2.66. The van der Waals surface area contributed by atoms with Crippen molar-refractivity contribution in [1.82, 2.24) is 10.2 Å². The molecule has 0 aromatic heterocycles. The van der Waals surface area contributed by atoms with Crippen molar-refractivity contribution >= 4 is 6.03 Å². The quantitative estimate of drug-likeness (QED) is 0.861. The molecule has 3 N–H and O–H groups in total. The van der Waals surface area contributed by atoms with E-state index in [0.717, 1.165) is 22.4 Å². The molecule has 1 unspecified atom stereocenters. The zero-order valence-corrected chi connectivity index (χ0v) is 11.7. The molecule has 0 radical (unpaired) electrons. The third-order valence-electron chi connectivity index (χ3n) is 3.45. The van der Waals surface area contributed by atoms with E-state index >= 15 is 0 Å². The molecule has 1 aliphatic heterocycles. The van der Waals surface area contributed by atoms with E-state index in [-0.39, 0.29) is 12.1 Å². The van der Waals surface area contributed by atoms with Crippen molar-refractivity contribution in [3.05, 3.63) is 28.8 Å². The number of carbonyl (C=O) groups is 1. The highest BCUT2D eigenvalue weighted by Crippen LogP contribution is 2.32. The van der Waals surface area contributed by atoms with Gasteiger partial charge in [0.25, 0.3) is 0 Å². The van der Waals surface area contributed by atoms with Gasteiger partial charge < -0.3 is 20.7 Å². The molecule has 104 valence electrons. The number of carbonyl (C=O) groups excluding carboxylic acids is 1. The van der Waals surface area contributed by atoms with Gasteiger partial charge in [-0.05, 0) is 31.0 Å².